The van der Waals surface area contributed by atoms with E-state index in [0.717, 1.165) is 5.56 Å². The Labute approximate surface area is 156 Å². The molecular weight excluding hydrogens is 446 g/mol. The zero-order valence-electron chi connectivity index (χ0n) is 14.6. The molecule has 0 aliphatic heterocycles. The Bertz CT molecular complexity index is 1030. The first-order valence-corrected chi connectivity index (χ1v) is 8.51. The number of fused-ring (bicyclic) bond motifs is 1. The Morgan fingerprint density at radius 1 is 1.21 bits per heavy atom. The van der Waals surface area contributed by atoms with Gasteiger partial charge in [-0.1, -0.05) is 50.0 Å². The van der Waals surface area contributed by atoms with Gasteiger partial charge in [0.15, 0.2) is 11.5 Å². The lowest BCUT2D eigenvalue weighted by Gasteiger charge is -2.10. The Balaban J connectivity index is 2.32. The summed E-state index contributed by atoms with van der Waals surface area (Å²) in [6, 6.07) is 5.15. The standard InChI is InChI=1S/C18H12Br2F2O2/c1-9-12(19)7-10(8-13(9)20)16(23)15-11-5-3-4-6-14(11)24-17(15)18(2,21)22/h3-8H,1-2H3/i3D,4D. The van der Waals surface area contributed by atoms with Crippen LogP contribution in [-0.2, 0) is 5.92 Å². The van der Waals surface area contributed by atoms with Gasteiger partial charge in [0.25, 0.3) is 0 Å². The van der Waals surface area contributed by atoms with Gasteiger partial charge in [-0.05, 0) is 30.7 Å². The van der Waals surface area contributed by atoms with E-state index in [4.69, 9.17) is 7.16 Å². The number of carbonyl (C=O) groups is 1. The fraction of sp³-hybridized carbons (Fsp3) is 0.167. The maximum Gasteiger partial charge on any atom is 0.302 e. The van der Waals surface area contributed by atoms with Crippen molar-refractivity contribution in [3.8, 4) is 0 Å². The van der Waals surface area contributed by atoms with E-state index in [1.807, 2.05) is 6.92 Å². The topological polar surface area (TPSA) is 30.2 Å². The summed E-state index contributed by atoms with van der Waals surface area (Å²) in [7, 11) is 0. The van der Waals surface area contributed by atoms with Crippen LogP contribution in [0.4, 0.5) is 8.78 Å². The number of rotatable bonds is 3. The van der Waals surface area contributed by atoms with Gasteiger partial charge in [0.2, 0.25) is 0 Å². The van der Waals surface area contributed by atoms with Gasteiger partial charge in [0, 0.05) is 26.8 Å². The number of ketones is 1. The molecule has 3 rings (SSSR count). The molecule has 0 saturated heterocycles. The van der Waals surface area contributed by atoms with E-state index in [-0.39, 0.29) is 34.2 Å². The van der Waals surface area contributed by atoms with Crippen molar-refractivity contribution < 1.29 is 20.7 Å². The van der Waals surface area contributed by atoms with Crippen LogP contribution in [0.1, 0.15) is 36.9 Å². The molecular formula is C18H12Br2F2O2. The molecule has 0 saturated carbocycles. The monoisotopic (exact) mass is 458 g/mol. The molecule has 2 nitrogen and oxygen atoms in total. The number of hydrogen-bond donors (Lipinski definition) is 0. The molecule has 6 heteroatoms. The van der Waals surface area contributed by atoms with Crippen LogP contribution in [0.5, 0.6) is 0 Å². The molecule has 124 valence electrons. The van der Waals surface area contributed by atoms with Crippen molar-refractivity contribution in [3.05, 3.63) is 67.7 Å². The third kappa shape index (κ3) is 2.93. The van der Waals surface area contributed by atoms with E-state index in [1.54, 1.807) is 12.1 Å². The molecule has 24 heavy (non-hydrogen) atoms. The Hall–Kier alpha value is -1.53. The number of benzene rings is 2. The summed E-state index contributed by atoms with van der Waals surface area (Å²) < 4.78 is 50.1. The van der Waals surface area contributed by atoms with Gasteiger partial charge >= 0.3 is 5.92 Å². The third-order valence-electron chi connectivity index (χ3n) is 3.65. The van der Waals surface area contributed by atoms with E-state index < -0.39 is 17.5 Å². The highest BCUT2D eigenvalue weighted by molar-refractivity contribution is 9.11. The molecule has 0 amide bonds. The van der Waals surface area contributed by atoms with Crippen molar-refractivity contribution in [1.82, 2.24) is 0 Å². The van der Waals surface area contributed by atoms with E-state index in [1.165, 1.54) is 12.1 Å². The third-order valence-corrected chi connectivity index (χ3v) is 5.29. The highest BCUT2D eigenvalue weighted by atomic mass is 79.9. The lowest BCUT2D eigenvalue weighted by molar-refractivity contribution is -0.00469. The fourth-order valence-electron chi connectivity index (χ4n) is 2.39. The van der Waals surface area contributed by atoms with Crippen LogP contribution in [0.2, 0.25) is 0 Å². The molecule has 0 aliphatic carbocycles. The van der Waals surface area contributed by atoms with E-state index in [0.29, 0.717) is 15.9 Å². The van der Waals surface area contributed by atoms with Gasteiger partial charge in [-0.25, -0.2) is 0 Å². The van der Waals surface area contributed by atoms with Crippen LogP contribution in [0.25, 0.3) is 11.0 Å². The van der Waals surface area contributed by atoms with Gasteiger partial charge in [-0.15, -0.1) is 0 Å². The molecule has 0 fully saturated rings. The second-order valence-corrected chi connectivity index (χ2v) is 7.15. The first-order valence-electron chi connectivity index (χ1n) is 7.93. The molecule has 0 bridgehead atoms. The number of carbonyl (C=O) groups excluding carboxylic acids is 1. The SMILES string of the molecule is [2H]c1cc2oc(C(C)(F)F)c(C(=O)c3cc(Br)c(C)c(Br)c3)c2cc1[2H]. The zero-order chi connectivity index (χ0) is 19.4. The number of hydrogen-bond acceptors (Lipinski definition) is 2. The molecule has 0 atom stereocenters. The number of halogens is 4. The van der Waals surface area contributed by atoms with E-state index in [9.17, 15) is 13.6 Å². The van der Waals surface area contributed by atoms with Crippen LogP contribution in [-0.4, -0.2) is 5.78 Å². The molecule has 1 heterocycles. The fourth-order valence-corrected chi connectivity index (χ4v) is 3.57. The van der Waals surface area contributed by atoms with Crippen molar-refractivity contribution >= 4 is 48.6 Å². The minimum atomic E-state index is -3.40. The Morgan fingerprint density at radius 3 is 2.38 bits per heavy atom. The van der Waals surface area contributed by atoms with Crippen molar-refractivity contribution in [2.24, 2.45) is 0 Å². The Kier molecular flexibility index (Phi) is 3.74. The second-order valence-electron chi connectivity index (χ2n) is 5.44. The van der Waals surface area contributed by atoms with Gasteiger partial charge in [0.1, 0.15) is 5.58 Å². The number of alkyl halides is 2. The quantitative estimate of drug-likeness (QED) is 0.412. The summed E-state index contributed by atoms with van der Waals surface area (Å²) in [6.07, 6.45) is 0. The summed E-state index contributed by atoms with van der Waals surface area (Å²) in [4.78, 5) is 13.1. The van der Waals surface area contributed by atoms with Crippen LogP contribution in [0.15, 0.2) is 49.7 Å². The molecule has 0 aliphatic rings. The van der Waals surface area contributed by atoms with Crippen LogP contribution in [0.3, 0.4) is 0 Å². The average molecular weight is 460 g/mol. The Morgan fingerprint density at radius 2 is 1.79 bits per heavy atom. The predicted molar refractivity (Wildman–Crippen MR) is 95.8 cm³/mol. The van der Waals surface area contributed by atoms with Crippen molar-refractivity contribution in [2.45, 2.75) is 19.8 Å². The molecule has 3 aromatic rings. The van der Waals surface area contributed by atoms with Gasteiger partial charge in [-0.2, -0.15) is 8.78 Å². The van der Waals surface area contributed by atoms with Crippen molar-refractivity contribution in [1.29, 1.82) is 0 Å². The lowest BCUT2D eigenvalue weighted by Crippen LogP contribution is -2.13. The van der Waals surface area contributed by atoms with Gasteiger partial charge in [0.05, 0.1) is 8.30 Å². The smallest absolute Gasteiger partial charge is 0.302 e. The van der Waals surface area contributed by atoms with E-state index in [2.05, 4.69) is 31.9 Å². The van der Waals surface area contributed by atoms with Crippen molar-refractivity contribution in [2.75, 3.05) is 0 Å². The molecule has 0 radical (unpaired) electrons. The number of furan rings is 1. The summed E-state index contributed by atoms with van der Waals surface area (Å²) in [5.74, 6) is -4.80. The first kappa shape index (κ1) is 14.8. The first-order chi connectivity index (χ1) is 12.0. The highest BCUT2D eigenvalue weighted by Gasteiger charge is 2.36. The highest BCUT2D eigenvalue weighted by Crippen LogP contribution is 2.38. The second kappa shape index (κ2) is 6.08. The predicted octanol–water partition coefficient (Wildman–Crippen LogP) is 6.61. The van der Waals surface area contributed by atoms with Crippen LogP contribution < -0.4 is 0 Å². The maximum atomic E-state index is 14.1. The van der Waals surface area contributed by atoms with Crippen LogP contribution >= 0.6 is 31.9 Å². The van der Waals surface area contributed by atoms with Gasteiger partial charge in [-0.3, -0.25) is 4.79 Å². The zero-order valence-corrected chi connectivity index (χ0v) is 15.8. The summed E-state index contributed by atoms with van der Waals surface area (Å²) in [5, 5.41) is 0.0975. The summed E-state index contributed by atoms with van der Waals surface area (Å²) in [6.45, 7) is 2.48. The maximum absolute atomic E-state index is 14.1. The lowest BCUT2D eigenvalue weighted by atomic mass is 9.98. The number of para-hydroxylation sites is 1. The molecule has 1 aromatic heterocycles. The van der Waals surface area contributed by atoms with E-state index >= 15 is 0 Å². The molecule has 0 spiro atoms. The average Bonchev–Trinajstić information content (AvgIpc) is 2.90. The summed E-state index contributed by atoms with van der Waals surface area (Å²) >= 11 is 6.70. The molecule has 0 unspecified atom stereocenters. The summed E-state index contributed by atoms with van der Waals surface area (Å²) in [5.41, 5.74) is 0.760. The van der Waals surface area contributed by atoms with Gasteiger partial charge < -0.3 is 4.42 Å². The minimum Gasteiger partial charge on any atom is -0.454 e. The largest absolute Gasteiger partial charge is 0.454 e. The normalized spacial score (nSPS) is 13.1. The molecule has 2 aromatic carbocycles. The van der Waals surface area contributed by atoms with Crippen molar-refractivity contribution in [3.63, 3.8) is 0 Å². The molecule has 0 N–H and O–H groups in total. The minimum absolute atomic E-state index is 0.0175. The van der Waals surface area contributed by atoms with Crippen LogP contribution in [0, 0.1) is 6.92 Å².